The van der Waals surface area contributed by atoms with Crippen molar-refractivity contribution in [2.45, 2.75) is 19.8 Å². The molecule has 8 heteroatoms. The lowest BCUT2D eigenvalue weighted by atomic mass is 10.1. The normalized spacial score (nSPS) is 10.8. The maximum absolute atomic E-state index is 14.9. The standard InChI is InChI=1S/C20H21FN4O3/c1-11(26)13-10-25-17-14(19(13)27)16(22)15(21)18(20(17)28-2)24-9-5-7-12-6-3-4-8-23-12/h3-4,6,8,10,24H,5,7,9,22H2,1-2H3,(H,25,27). The van der Waals surface area contributed by atoms with Crippen molar-refractivity contribution in [2.75, 3.05) is 24.7 Å². The van der Waals surface area contributed by atoms with E-state index in [-0.39, 0.29) is 33.6 Å². The minimum absolute atomic E-state index is 0.0692. The van der Waals surface area contributed by atoms with Gasteiger partial charge in [0.1, 0.15) is 5.69 Å². The summed E-state index contributed by atoms with van der Waals surface area (Å²) >= 11 is 0. The molecule has 0 amide bonds. The molecule has 0 aliphatic rings. The molecule has 0 spiro atoms. The lowest BCUT2D eigenvalue weighted by Gasteiger charge is -2.17. The number of ether oxygens (including phenoxy) is 1. The molecule has 4 N–H and O–H groups in total. The number of pyridine rings is 2. The van der Waals surface area contributed by atoms with E-state index >= 15 is 0 Å². The number of H-pyrrole nitrogens is 1. The van der Waals surface area contributed by atoms with Crippen LogP contribution in [0.4, 0.5) is 15.8 Å². The van der Waals surface area contributed by atoms with Crippen molar-refractivity contribution in [1.29, 1.82) is 0 Å². The summed E-state index contributed by atoms with van der Waals surface area (Å²) in [6.45, 7) is 1.71. The molecule has 0 aliphatic carbocycles. The number of benzene rings is 1. The van der Waals surface area contributed by atoms with Crippen LogP contribution in [0.2, 0.25) is 0 Å². The molecule has 146 valence electrons. The van der Waals surface area contributed by atoms with E-state index in [1.54, 1.807) is 6.20 Å². The molecule has 0 radical (unpaired) electrons. The van der Waals surface area contributed by atoms with Gasteiger partial charge in [-0.1, -0.05) is 6.07 Å². The average molecular weight is 384 g/mol. The number of ketones is 1. The third kappa shape index (κ3) is 3.53. The zero-order chi connectivity index (χ0) is 20.3. The minimum Gasteiger partial charge on any atom is -0.492 e. The van der Waals surface area contributed by atoms with Crippen molar-refractivity contribution in [3.8, 4) is 5.75 Å². The Morgan fingerprint density at radius 2 is 2.18 bits per heavy atom. The Hall–Kier alpha value is -3.42. The highest BCUT2D eigenvalue weighted by molar-refractivity contribution is 6.04. The highest BCUT2D eigenvalue weighted by atomic mass is 19.1. The number of carbonyl (C=O) groups excluding carboxylic acids is 1. The van der Waals surface area contributed by atoms with Gasteiger partial charge in [-0.2, -0.15) is 0 Å². The molecule has 0 fully saturated rings. The number of aromatic nitrogens is 2. The van der Waals surface area contributed by atoms with Gasteiger partial charge in [-0.05, 0) is 31.9 Å². The fraction of sp³-hybridized carbons (Fsp3) is 0.250. The number of Topliss-reactive ketones (excluding diaryl/α,β-unsaturated/α-hetero) is 1. The number of halogens is 1. The van der Waals surface area contributed by atoms with Crippen LogP contribution in [0.25, 0.3) is 10.9 Å². The highest BCUT2D eigenvalue weighted by Crippen LogP contribution is 2.38. The van der Waals surface area contributed by atoms with Crippen LogP contribution in [-0.2, 0) is 6.42 Å². The first-order valence-corrected chi connectivity index (χ1v) is 8.80. The van der Waals surface area contributed by atoms with Gasteiger partial charge < -0.3 is 20.8 Å². The Morgan fingerprint density at radius 3 is 2.82 bits per heavy atom. The quantitative estimate of drug-likeness (QED) is 0.328. The number of nitrogens with one attached hydrogen (secondary N) is 2. The lowest BCUT2D eigenvalue weighted by Crippen LogP contribution is -2.17. The van der Waals surface area contributed by atoms with Crippen LogP contribution >= 0.6 is 0 Å². The maximum Gasteiger partial charge on any atom is 0.202 e. The second-order valence-corrected chi connectivity index (χ2v) is 6.32. The van der Waals surface area contributed by atoms with E-state index < -0.39 is 17.0 Å². The smallest absolute Gasteiger partial charge is 0.202 e. The van der Waals surface area contributed by atoms with Crippen molar-refractivity contribution in [1.82, 2.24) is 9.97 Å². The van der Waals surface area contributed by atoms with Crippen LogP contribution in [0.1, 0.15) is 29.4 Å². The number of hydrogen-bond acceptors (Lipinski definition) is 6. The van der Waals surface area contributed by atoms with Gasteiger partial charge in [0.05, 0.1) is 29.3 Å². The maximum atomic E-state index is 14.9. The first kappa shape index (κ1) is 19.3. The third-order valence-corrected chi connectivity index (χ3v) is 4.48. The number of anilines is 2. The Bertz CT molecular complexity index is 1080. The summed E-state index contributed by atoms with van der Waals surface area (Å²) in [4.78, 5) is 31.3. The SMILES string of the molecule is COc1c(NCCCc2ccccn2)c(F)c(N)c2c(=O)c(C(C)=O)c[nH]c12. The summed E-state index contributed by atoms with van der Waals surface area (Å²) in [6, 6.07) is 5.68. The molecule has 7 nitrogen and oxygen atoms in total. The van der Waals surface area contributed by atoms with E-state index in [0.29, 0.717) is 13.0 Å². The monoisotopic (exact) mass is 384 g/mol. The Kier molecular flexibility index (Phi) is 5.58. The number of aromatic amines is 1. The van der Waals surface area contributed by atoms with Crippen molar-refractivity contribution < 1.29 is 13.9 Å². The summed E-state index contributed by atoms with van der Waals surface area (Å²) in [6.07, 6.45) is 4.44. The summed E-state index contributed by atoms with van der Waals surface area (Å²) in [5.74, 6) is -1.08. The molecule has 2 heterocycles. The summed E-state index contributed by atoms with van der Waals surface area (Å²) in [5, 5.41) is 2.90. The van der Waals surface area contributed by atoms with Gasteiger partial charge in [-0.3, -0.25) is 14.6 Å². The largest absolute Gasteiger partial charge is 0.492 e. The van der Waals surface area contributed by atoms with E-state index in [1.807, 2.05) is 18.2 Å². The summed E-state index contributed by atoms with van der Waals surface area (Å²) in [5.41, 5.74) is 6.11. The van der Waals surface area contributed by atoms with Crippen molar-refractivity contribution in [3.63, 3.8) is 0 Å². The average Bonchev–Trinajstić information content (AvgIpc) is 2.69. The second kappa shape index (κ2) is 8.08. The number of rotatable bonds is 7. The molecule has 0 aliphatic heterocycles. The number of methoxy groups -OCH3 is 1. The van der Waals surface area contributed by atoms with E-state index in [4.69, 9.17) is 10.5 Å². The Balaban J connectivity index is 1.94. The fourth-order valence-electron chi connectivity index (χ4n) is 3.09. The zero-order valence-electron chi connectivity index (χ0n) is 15.6. The van der Waals surface area contributed by atoms with Crippen LogP contribution in [0.5, 0.6) is 5.75 Å². The molecule has 0 bridgehead atoms. The Morgan fingerprint density at radius 1 is 1.39 bits per heavy atom. The third-order valence-electron chi connectivity index (χ3n) is 4.48. The highest BCUT2D eigenvalue weighted by Gasteiger charge is 2.23. The van der Waals surface area contributed by atoms with Crippen LogP contribution < -0.4 is 21.2 Å². The molecule has 0 atom stereocenters. The molecule has 0 unspecified atom stereocenters. The van der Waals surface area contributed by atoms with Gasteiger partial charge in [0, 0.05) is 24.6 Å². The Labute approximate surface area is 160 Å². The topological polar surface area (TPSA) is 110 Å². The molecular formula is C20H21FN4O3. The molecular weight excluding hydrogens is 363 g/mol. The van der Waals surface area contributed by atoms with Crippen LogP contribution in [0.3, 0.4) is 0 Å². The van der Waals surface area contributed by atoms with Gasteiger partial charge in [0.25, 0.3) is 0 Å². The van der Waals surface area contributed by atoms with Crippen molar-refractivity contribution in [3.05, 3.63) is 57.9 Å². The predicted octanol–water partition coefficient (Wildman–Crippen LogP) is 2.90. The zero-order valence-corrected chi connectivity index (χ0v) is 15.6. The van der Waals surface area contributed by atoms with Crippen molar-refractivity contribution in [2.24, 2.45) is 0 Å². The predicted molar refractivity (Wildman–Crippen MR) is 107 cm³/mol. The number of aryl methyl sites for hydroxylation is 1. The molecule has 3 rings (SSSR count). The van der Waals surface area contributed by atoms with Gasteiger partial charge in [0.15, 0.2) is 17.3 Å². The first-order chi connectivity index (χ1) is 13.5. The molecule has 1 aromatic carbocycles. The fourth-order valence-corrected chi connectivity index (χ4v) is 3.09. The second-order valence-electron chi connectivity index (χ2n) is 6.32. The van der Waals surface area contributed by atoms with Gasteiger partial charge >= 0.3 is 0 Å². The van der Waals surface area contributed by atoms with Crippen molar-refractivity contribution >= 4 is 28.1 Å². The number of carbonyl (C=O) groups is 1. The molecule has 0 saturated heterocycles. The molecule has 2 aromatic heterocycles. The number of hydrogen-bond donors (Lipinski definition) is 3. The molecule has 3 aromatic rings. The minimum atomic E-state index is -0.784. The van der Waals surface area contributed by atoms with Crippen LogP contribution in [-0.4, -0.2) is 29.4 Å². The van der Waals surface area contributed by atoms with Crippen LogP contribution in [0, 0.1) is 5.82 Å². The summed E-state index contributed by atoms with van der Waals surface area (Å²) < 4.78 is 20.3. The number of nitrogens with zero attached hydrogens (tertiary/aromatic N) is 1. The molecule has 28 heavy (non-hydrogen) atoms. The first-order valence-electron chi connectivity index (χ1n) is 8.80. The summed E-state index contributed by atoms with van der Waals surface area (Å²) in [7, 11) is 1.38. The van der Waals surface area contributed by atoms with E-state index in [0.717, 1.165) is 12.1 Å². The van der Waals surface area contributed by atoms with Gasteiger partial charge in [-0.15, -0.1) is 0 Å². The van der Waals surface area contributed by atoms with Crippen LogP contribution in [0.15, 0.2) is 35.4 Å². The van der Waals surface area contributed by atoms with E-state index in [1.165, 1.54) is 20.2 Å². The number of fused-ring (bicyclic) bond motifs is 1. The lowest BCUT2D eigenvalue weighted by molar-refractivity contribution is 0.101. The van der Waals surface area contributed by atoms with E-state index in [9.17, 15) is 14.0 Å². The van der Waals surface area contributed by atoms with Gasteiger partial charge in [-0.25, -0.2) is 4.39 Å². The molecule has 0 saturated carbocycles. The van der Waals surface area contributed by atoms with Gasteiger partial charge in [0.2, 0.25) is 5.43 Å². The van der Waals surface area contributed by atoms with E-state index in [2.05, 4.69) is 15.3 Å². The number of nitrogens with two attached hydrogens (primary N) is 1. The number of nitrogen functional groups attached to an aromatic ring is 1.